The third-order valence-electron chi connectivity index (χ3n) is 7.62. The largest absolute Gasteiger partial charge is 0.465 e. The molecule has 2 N–H and O–H groups in total. The lowest BCUT2D eigenvalue weighted by molar-refractivity contribution is 0.113. The number of rotatable bonds is 6. The van der Waals surface area contributed by atoms with Crippen LogP contribution < -0.4 is 5.32 Å². The zero-order chi connectivity index (χ0) is 27.0. The van der Waals surface area contributed by atoms with Gasteiger partial charge < -0.3 is 10.4 Å². The Morgan fingerprint density at radius 1 is 1.00 bits per heavy atom. The number of nitrogens with zero attached hydrogens (tertiary/aromatic N) is 2. The van der Waals surface area contributed by atoms with Gasteiger partial charge in [0.2, 0.25) is 0 Å². The van der Waals surface area contributed by atoms with E-state index in [1.165, 1.54) is 3.97 Å². The standard InChI is InChI=1S/C30H33N3O4S/c1-20-9-11-25(12-10-20)38(36,37)33-16-14-26-27(21(2)17-22(3)29(26)33)19-32-15-13-24(31-30(34)35)18-28(32)23-7-5-4-6-8-23/h4-12,14,16-17,24,28,31H,13,15,18-19H2,1-3H3,(H,34,35). The molecule has 7 nitrogen and oxygen atoms in total. The number of benzene rings is 3. The third-order valence-corrected chi connectivity index (χ3v) is 9.31. The van der Waals surface area contributed by atoms with Gasteiger partial charge in [-0.2, -0.15) is 0 Å². The van der Waals surface area contributed by atoms with Gasteiger partial charge >= 0.3 is 6.09 Å². The lowest BCUT2D eigenvalue weighted by Crippen LogP contribution is -2.45. The molecule has 0 bridgehead atoms. The number of fused-ring (bicyclic) bond motifs is 1. The minimum atomic E-state index is -3.76. The molecular formula is C30H33N3O4S. The van der Waals surface area contributed by atoms with Gasteiger partial charge in [0.25, 0.3) is 10.0 Å². The minimum Gasteiger partial charge on any atom is -0.465 e. The highest BCUT2D eigenvalue weighted by atomic mass is 32.2. The summed E-state index contributed by atoms with van der Waals surface area (Å²) < 4.78 is 28.6. The molecule has 5 rings (SSSR count). The molecule has 3 aromatic carbocycles. The molecule has 2 heterocycles. The zero-order valence-corrected chi connectivity index (χ0v) is 22.7. The van der Waals surface area contributed by atoms with Gasteiger partial charge in [-0.3, -0.25) is 4.90 Å². The lowest BCUT2D eigenvalue weighted by Gasteiger charge is -2.40. The van der Waals surface area contributed by atoms with Gasteiger partial charge in [-0.1, -0.05) is 54.1 Å². The fourth-order valence-electron chi connectivity index (χ4n) is 5.70. The van der Waals surface area contributed by atoms with Gasteiger partial charge in [0.05, 0.1) is 10.4 Å². The first-order valence-electron chi connectivity index (χ1n) is 12.9. The van der Waals surface area contributed by atoms with Crippen LogP contribution >= 0.6 is 0 Å². The van der Waals surface area contributed by atoms with Gasteiger partial charge in [0, 0.05) is 36.8 Å². The maximum atomic E-state index is 13.6. The van der Waals surface area contributed by atoms with Crippen molar-refractivity contribution in [3.8, 4) is 0 Å². The summed E-state index contributed by atoms with van der Waals surface area (Å²) in [5.41, 5.74) is 5.96. The Kier molecular flexibility index (Phi) is 7.03. The SMILES string of the molecule is Cc1ccc(S(=O)(=O)n2ccc3c(CN4CCC(NC(=O)O)CC4c4ccccc4)c(C)cc(C)c32)cc1. The van der Waals surface area contributed by atoms with Crippen LogP contribution in [0.5, 0.6) is 0 Å². The van der Waals surface area contributed by atoms with E-state index in [2.05, 4.69) is 35.3 Å². The highest BCUT2D eigenvalue weighted by molar-refractivity contribution is 7.90. The molecule has 2 atom stereocenters. The molecule has 0 radical (unpaired) electrons. The number of carbonyl (C=O) groups is 1. The maximum absolute atomic E-state index is 13.6. The lowest BCUT2D eigenvalue weighted by atomic mass is 9.90. The quantitative estimate of drug-likeness (QED) is 0.329. The number of piperidine rings is 1. The number of amides is 1. The molecule has 2 unspecified atom stereocenters. The second kappa shape index (κ2) is 10.3. The van der Waals surface area contributed by atoms with E-state index in [-0.39, 0.29) is 17.0 Å². The van der Waals surface area contributed by atoms with Crippen molar-refractivity contribution < 1.29 is 18.3 Å². The molecule has 0 aliphatic carbocycles. The molecule has 38 heavy (non-hydrogen) atoms. The summed E-state index contributed by atoms with van der Waals surface area (Å²) in [7, 11) is -3.76. The topological polar surface area (TPSA) is 91.6 Å². The Balaban J connectivity index is 1.54. The Morgan fingerprint density at radius 2 is 1.71 bits per heavy atom. The van der Waals surface area contributed by atoms with E-state index in [0.29, 0.717) is 24.9 Å². The van der Waals surface area contributed by atoms with Crippen LogP contribution in [0.15, 0.2) is 77.8 Å². The molecule has 1 aliphatic heterocycles. The number of aryl methyl sites for hydroxylation is 3. The van der Waals surface area contributed by atoms with E-state index >= 15 is 0 Å². The fourth-order valence-corrected chi connectivity index (χ4v) is 7.12. The smallest absolute Gasteiger partial charge is 0.404 e. The second-order valence-electron chi connectivity index (χ2n) is 10.2. The van der Waals surface area contributed by atoms with E-state index in [0.717, 1.165) is 39.7 Å². The third kappa shape index (κ3) is 4.93. The van der Waals surface area contributed by atoms with Gasteiger partial charge in [-0.05, 0) is 74.1 Å². The first-order valence-corrected chi connectivity index (χ1v) is 14.3. The van der Waals surface area contributed by atoms with Gasteiger partial charge in [0.1, 0.15) is 0 Å². The molecule has 0 saturated carbocycles. The van der Waals surface area contributed by atoms with Crippen LogP contribution in [0.4, 0.5) is 4.79 Å². The molecule has 1 aliphatic rings. The van der Waals surface area contributed by atoms with Gasteiger partial charge in [0.15, 0.2) is 0 Å². The van der Waals surface area contributed by atoms with E-state index in [4.69, 9.17) is 0 Å². The van der Waals surface area contributed by atoms with Crippen LogP contribution in [-0.2, 0) is 16.6 Å². The average molecular weight is 532 g/mol. The molecule has 4 aromatic rings. The van der Waals surface area contributed by atoms with Crippen LogP contribution in [0, 0.1) is 20.8 Å². The molecule has 1 saturated heterocycles. The average Bonchev–Trinajstić information content (AvgIpc) is 3.34. The summed E-state index contributed by atoms with van der Waals surface area (Å²) in [5.74, 6) is 0. The van der Waals surface area contributed by atoms with E-state index in [1.807, 2.05) is 50.2 Å². The maximum Gasteiger partial charge on any atom is 0.404 e. The van der Waals surface area contributed by atoms with Crippen molar-refractivity contribution in [1.29, 1.82) is 0 Å². The number of carboxylic acid groups (broad SMARTS) is 1. The molecule has 0 spiro atoms. The van der Waals surface area contributed by atoms with Crippen LogP contribution in [0.25, 0.3) is 10.9 Å². The van der Waals surface area contributed by atoms with Crippen LogP contribution in [0.2, 0.25) is 0 Å². The van der Waals surface area contributed by atoms with Crippen LogP contribution in [0.3, 0.4) is 0 Å². The molecule has 198 valence electrons. The summed E-state index contributed by atoms with van der Waals surface area (Å²) in [6.45, 7) is 7.32. The van der Waals surface area contributed by atoms with E-state index < -0.39 is 16.1 Å². The molecular weight excluding hydrogens is 498 g/mol. The van der Waals surface area contributed by atoms with Crippen molar-refractivity contribution in [3.05, 3.63) is 101 Å². The summed E-state index contributed by atoms with van der Waals surface area (Å²) >= 11 is 0. The van der Waals surface area contributed by atoms with E-state index in [9.17, 15) is 18.3 Å². The first-order chi connectivity index (χ1) is 18.1. The molecule has 1 aromatic heterocycles. The van der Waals surface area contributed by atoms with Crippen molar-refractivity contribution in [3.63, 3.8) is 0 Å². The Morgan fingerprint density at radius 3 is 2.39 bits per heavy atom. The summed E-state index contributed by atoms with van der Waals surface area (Å²) in [6, 6.07) is 21.0. The predicted octanol–water partition coefficient (Wildman–Crippen LogP) is 5.78. The summed E-state index contributed by atoms with van der Waals surface area (Å²) in [4.78, 5) is 14.0. The van der Waals surface area contributed by atoms with Gasteiger partial charge in [-0.25, -0.2) is 17.2 Å². The zero-order valence-electron chi connectivity index (χ0n) is 21.9. The summed E-state index contributed by atoms with van der Waals surface area (Å²) in [5, 5.41) is 12.9. The number of hydrogen-bond acceptors (Lipinski definition) is 4. The Bertz CT molecular complexity index is 1580. The van der Waals surface area contributed by atoms with Crippen LogP contribution in [-0.4, -0.2) is 41.1 Å². The Hall–Kier alpha value is -3.62. The van der Waals surface area contributed by atoms with Crippen molar-refractivity contribution >= 4 is 27.0 Å². The van der Waals surface area contributed by atoms with Crippen LogP contribution in [0.1, 0.15) is 46.7 Å². The second-order valence-corrected chi connectivity index (χ2v) is 12.1. The minimum absolute atomic E-state index is 0.0379. The van der Waals surface area contributed by atoms with Crippen molar-refractivity contribution in [2.24, 2.45) is 0 Å². The number of hydrogen-bond donors (Lipinski definition) is 2. The van der Waals surface area contributed by atoms with Crippen molar-refractivity contribution in [2.45, 2.75) is 57.1 Å². The Labute approximate surface area is 223 Å². The molecule has 8 heteroatoms. The first kappa shape index (κ1) is 26.0. The molecule has 1 amide bonds. The van der Waals surface area contributed by atoms with Crippen molar-refractivity contribution in [2.75, 3.05) is 6.54 Å². The summed E-state index contributed by atoms with van der Waals surface area (Å²) in [6.07, 6.45) is 2.05. The fraction of sp³-hybridized carbons (Fsp3) is 0.300. The number of nitrogens with one attached hydrogen (secondary N) is 1. The highest BCUT2D eigenvalue weighted by Crippen LogP contribution is 2.36. The predicted molar refractivity (Wildman–Crippen MR) is 149 cm³/mol. The number of likely N-dealkylation sites (tertiary alicyclic amines) is 1. The molecule has 1 fully saturated rings. The van der Waals surface area contributed by atoms with E-state index in [1.54, 1.807) is 18.3 Å². The van der Waals surface area contributed by atoms with Gasteiger partial charge in [-0.15, -0.1) is 0 Å². The highest BCUT2D eigenvalue weighted by Gasteiger charge is 2.31. The van der Waals surface area contributed by atoms with Crippen molar-refractivity contribution in [1.82, 2.24) is 14.2 Å². The monoisotopic (exact) mass is 531 g/mol. The number of aromatic nitrogens is 1. The normalized spacial score (nSPS) is 18.5.